The van der Waals surface area contributed by atoms with Gasteiger partial charge < -0.3 is 19.3 Å². The van der Waals surface area contributed by atoms with Crippen molar-refractivity contribution in [1.82, 2.24) is 9.80 Å². The average Bonchev–Trinajstić information content (AvgIpc) is 2.75. The van der Waals surface area contributed by atoms with Gasteiger partial charge in [-0.05, 0) is 37.6 Å². The molecular weight excluding hydrogens is 368 g/mol. The van der Waals surface area contributed by atoms with Gasteiger partial charge in [0.2, 0.25) is 0 Å². The second-order valence-corrected chi connectivity index (χ2v) is 8.39. The van der Waals surface area contributed by atoms with Gasteiger partial charge in [-0.3, -0.25) is 9.80 Å². The van der Waals surface area contributed by atoms with E-state index in [2.05, 4.69) is 21.9 Å². The number of nitrogens with zero attached hydrogens (tertiary/aromatic N) is 2. The Hall–Kier alpha value is -1.18. The first kappa shape index (κ1) is 22.5. The van der Waals surface area contributed by atoms with Crippen LogP contribution in [0.25, 0.3) is 0 Å². The van der Waals surface area contributed by atoms with Crippen LogP contribution in [0.15, 0.2) is 24.3 Å². The molecule has 1 aliphatic carbocycles. The minimum Gasteiger partial charge on any atom is -0.492 e. The third-order valence-corrected chi connectivity index (χ3v) is 5.75. The molecule has 0 bridgehead atoms. The van der Waals surface area contributed by atoms with E-state index in [-0.39, 0.29) is 0 Å². The number of morpholine rings is 1. The van der Waals surface area contributed by atoms with E-state index in [1.165, 1.54) is 24.8 Å². The highest BCUT2D eigenvalue weighted by atomic mass is 16.5. The van der Waals surface area contributed by atoms with Crippen molar-refractivity contribution in [1.29, 1.82) is 0 Å². The molecule has 1 aliphatic heterocycles. The van der Waals surface area contributed by atoms with Crippen LogP contribution in [0.1, 0.15) is 37.7 Å². The first-order chi connectivity index (χ1) is 14.2. The molecule has 29 heavy (non-hydrogen) atoms. The minimum atomic E-state index is -0.440. The highest BCUT2D eigenvalue weighted by molar-refractivity contribution is 5.27. The Labute approximate surface area is 175 Å². The molecule has 0 amide bonds. The van der Waals surface area contributed by atoms with Gasteiger partial charge in [0.15, 0.2) is 0 Å². The molecule has 1 aromatic carbocycles. The van der Waals surface area contributed by atoms with Crippen molar-refractivity contribution in [2.45, 2.75) is 50.9 Å². The lowest BCUT2D eigenvalue weighted by molar-refractivity contribution is -0.0319. The van der Waals surface area contributed by atoms with Crippen molar-refractivity contribution in [2.75, 3.05) is 59.7 Å². The number of hydrogen-bond donors (Lipinski definition) is 1. The Balaban J connectivity index is 1.30. The van der Waals surface area contributed by atoms with E-state index in [9.17, 15) is 5.11 Å². The van der Waals surface area contributed by atoms with Crippen LogP contribution in [-0.2, 0) is 16.0 Å². The molecule has 0 unspecified atom stereocenters. The van der Waals surface area contributed by atoms with E-state index < -0.39 is 6.10 Å². The fourth-order valence-electron chi connectivity index (χ4n) is 4.08. The first-order valence-electron chi connectivity index (χ1n) is 11.2. The molecule has 1 saturated heterocycles. The summed E-state index contributed by atoms with van der Waals surface area (Å²) in [4.78, 5) is 4.51. The van der Waals surface area contributed by atoms with Crippen LogP contribution in [0.3, 0.4) is 0 Å². The Morgan fingerprint density at radius 1 is 1.14 bits per heavy atom. The molecule has 2 aliphatic rings. The van der Waals surface area contributed by atoms with Crippen molar-refractivity contribution < 1.29 is 19.3 Å². The molecular formula is C23H38N2O4. The summed E-state index contributed by atoms with van der Waals surface area (Å²) < 4.78 is 17.1. The zero-order chi connectivity index (χ0) is 20.3. The molecule has 0 radical (unpaired) electrons. The quantitative estimate of drug-likeness (QED) is 0.610. The largest absolute Gasteiger partial charge is 0.492 e. The van der Waals surface area contributed by atoms with E-state index in [4.69, 9.17) is 14.2 Å². The number of rotatable bonds is 11. The summed E-state index contributed by atoms with van der Waals surface area (Å²) in [6.07, 6.45) is 6.03. The summed E-state index contributed by atoms with van der Waals surface area (Å²) in [6, 6.07) is 8.27. The van der Waals surface area contributed by atoms with Crippen LogP contribution in [0.5, 0.6) is 5.75 Å². The zero-order valence-electron chi connectivity index (χ0n) is 17.9. The lowest BCUT2D eigenvalue weighted by Gasteiger charge is -2.26. The maximum Gasteiger partial charge on any atom is 0.119 e. The number of ether oxygens (including phenoxy) is 3. The van der Waals surface area contributed by atoms with Crippen molar-refractivity contribution in [3.63, 3.8) is 0 Å². The zero-order valence-corrected chi connectivity index (χ0v) is 17.9. The van der Waals surface area contributed by atoms with Gasteiger partial charge in [-0.25, -0.2) is 0 Å². The van der Waals surface area contributed by atoms with E-state index in [1.54, 1.807) is 0 Å². The first-order valence-corrected chi connectivity index (χ1v) is 11.2. The number of hydrogen-bond acceptors (Lipinski definition) is 6. The molecule has 6 nitrogen and oxygen atoms in total. The third kappa shape index (κ3) is 8.60. The molecule has 1 saturated carbocycles. The highest BCUT2D eigenvalue weighted by Crippen LogP contribution is 2.20. The fraction of sp³-hybridized carbons (Fsp3) is 0.739. The standard InChI is InChI=1S/C23H38N2O4/c1-24(18-21(26)19-29-22-5-3-2-4-6-22)17-20-7-9-23(10-8-20)28-16-13-25-11-14-27-15-12-25/h7-10,21-22,26H,2-6,11-19H2,1H3/t21-/m0/s1. The summed E-state index contributed by atoms with van der Waals surface area (Å²) in [5.74, 6) is 0.908. The van der Waals surface area contributed by atoms with Crippen molar-refractivity contribution in [3.05, 3.63) is 29.8 Å². The van der Waals surface area contributed by atoms with Crippen LogP contribution in [0.2, 0.25) is 0 Å². The molecule has 1 atom stereocenters. The van der Waals surface area contributed by atoms with Crippen LogP contribution < -0.4 is 4.74 Å². The predicted octanol–water partition coefficient (Wildman–Crippen LogP) is 2.54. The minimum absolute atomic E-state index is 0.347. The Morgan fingerprint density at radius 3 is 2.59 bits per heavy atom. The number of aliphatic hydroxyl groups excluding tert-OH is 1. The number of likely N-dealkylation sites (N-methyl/N-ethyl adjacent to an activating group) is 1. The molecule has 2 fully saturated rings. The van der Waals surface area contributed by atoms with Gasteiger partial charge in [0.1, 0.15) is 12.4 Å². The predicted molar refractivity (Wildman–Crippen MR) is 114 cm³/mol. The molecule has 3 rings (SSSR count). The smallest absolute Gasteiger partial charge is 0.119 e. The van der Waals surface area contributed by atoms with Crippen molar-refractivity contribution in [2.24, 2.45) is 0 Å². The SMILES string of the molecule is CN(Cc1ccc(OCCN2CCOCC2)cc1)C[C@H](O)COC1CCCCC1. The van der Waals surface area contributed by atoms with Gasteiger partial charge in [-0.15, -0.1) is 0 Å². The maximum absolute atomic E-state index is 10.3. The van der Waals surface area contributed by atoms with E-state index in [1.807, 2.05) is 19.2 Å². The summed E-state index contributed by atoms with van der Waals surface area (Å²) in [5, 5.41) is 10.3. The Morgan fingerprint density at radius 2 is 1.86 bits per heavy atom. The lowest BCUT2D eigenvalue weighted by atomic mass is 9.98. The van der Waals surface area contributed by atoms with Crippen LogP contribution >= 0.6 is 0 Å². The molecule has 1 N–H and O–H groups in total. The molecule has 1 aromatic rings. The second kappa shape index (κ2) is 12.5. The summed E-state index contributed by atoms with van der Waals surface area (Å²) in [5.41, 5.74) is 1.22. The average molecular weight is 407 g/mol. The fourth-order valence-corrected chi connectivity index (χ4v) is 4.08. The summed E-state index contributed by atoms with van der Waals surface area (Å²) in [6.45, 7) is 7.12. The van der Waals surface area contributed by atoms with Gasteiger partial charge in [0.05, 0.1) is 32.0 Å². The van der Waals surface area contributed by atoms with E-state index in [0.717, 1.165) is 58.0 Å². The maximum atomic E-state index is 10.3. The van der Waals surface area contributed by atoms with Gasteiger partial charge in [-0.1, -0.05) is 31.4 Å². The topological polar surface area (TPSA) is 54.4 Å². The monoisotopic (exact) mass is 406 g/mol. The molecule has 6 heteroatoms. The van der Waals surface area contributed by atoms with E-state index in [0.29, 0.717) is 25.9 Å². The second-order valence-electron chi connectivity index (χ2n) is 8.39. The molecule has 1 heterocycles. The van der Waals surface area contributed by atoms with Gasteiger partial charge in [-0.2, -0.15) is 0 Å². The van der Waals surface area contributed by atoms with Gasteiger partial charge >= 0.3 is 0 Å². The Bertz CT molecular complexity index is 557. The highest BCUT2D eigenvalue weighted by Gasteiger charge is 2.16. The molecule has 0 spiro atoms. The number of benzene rings is 1. The normalized spacial score (nSPS) is 20.1. The van der Waals surface area contributed by atoms with Crippen LogP contribution in [0, 0.1) is 0 Å². The van der Waals surface area contributed by atoms with Gasteiger partial charge in [0.25, 0.3) is 0 Å². The van der Waals surface area contributed by atoms with Crippen LogP contribution in [-0.4, -0.2) is 86.8 Å². The van der Waals surface area contributed by atoms with Gasteiger partial charge in [0, 0.05) is 32.7 Å². The van der Waals surface area contributed by atoms with Crippen molar-refractivity contribution in [3.8, 4) is 5.75 Å². The van der Waals surface area contributed by atoms with Crippen LogP contribution in [0.4, 0.5) is 0 Å². The Kier molecular flexibility index (Phi) is 9.70. The van der Waals surface area contributed by atoms with Crippen molar-refractivity contribution >= 4 is 0 Å². The molecule has 164 valence electrons. The summed E-state index contributed by atoms with van der Waals surface area (Å²) in [7, 11) is 2.04. The molecule has 0 aromatic heterocycles. The number of aliphatic hydroxyl groups is 1. The van der Waals surface area contributed by atoms with E-state index >= 15 is 0 Å². The summed E-state index contributed by atoms with van der Waals surface area (Å²) >= 11 is 0. The third-order valence-electron chi connectivity index (χ3n) is 5.75. The lowest BCUT2D eigenvalue weighted by Crippen LogP contribution is -2.38.